The standard InChI is InChI=1S/C20H25Cl2N5O2S/c1-6-11(2)16(23-19(28)29-20(3,4)5)17-24-25-18-27(17)26-15(10-30-18)13-8-7-12(21)9-14(13)22/h7-9,11,16H,6,10H2,1-5H3,(H,23,28). The molecule has 1 aromatic carbocycles. The lowest BCUT2D eigenvalue weighted by Gasteiger charge is -2.26. The molecule has 0 spiro atoms. The van der Waals surface area contributed by atoms with Crippen LogP contribution in [0.1, 0.15) is 58.5 Å². The number of nitrogens with zero attached hydrogens (tertiary/aromatic N) is 4. The van der Waals surface area contributed by atoms with Gasteiger partial charge in [0.25, 0.3) is 0 Å². The molecule has 1 aliphatic heterocycles. The second-order valence-electron chi connectivity index (χ2n) is 8.12. The number of nitrogens with one attached hydrogen (secondary N) is 1. The van der Waals surface area contributed by atoms with E-state index in [1.54, 1.807) is 16.8 Å². The summed E-state index contributed by atoms with van der Waals surface area (Å²) in [4.78, 5) is 12.5. The fraction of sp³-hybridized carbons (Fsp3) is 0.500. The molecule has 2 atom stereocenters. The lowest BCUT2D eigenvalue weighted by atomic mass is 9.99. The van der Waals surface area contributed by atoms with Crippen LogP contribution in [-0.2, 0) is 4.74 Å². The van der Waals surface area contributed by atoms with E-state index in [1.807, 2.05) is 33.8 Å². The summed E-state index contributed by atoms with van der Waals surface area (Å²) in [5.41, 5.74) is 0.996. The number of rotatable bonds is 5. The summed E-state index contributed by atoms with van der Waals surface area (Å²) in [5, 5.41) is 18.1. The van der Waals surface area contributed by atoms with Crippen molar-refractivity contribution in [3.05, 3.63) is 39.6 Å². The zero-order valence-corrected chi connectivity index (χ0v) is 19.9. The molecule has 2 unspecified atom stereocenters. The van der Waals surface area contributed by atoms with Gasteiger partial charge in [0.05, 0.1) is 16.8 Å². The van der Waals surface area contributed by atoms with Crippen molar-refractivity contribution in [1.82, 2.24) is 20.2 Å². The van der Waals surface area contributed by atoms with E-state index in [4.69, 9.17) is 33.0 Å². The van der Waals surface area contributed by atoms with Gasteiger partial charge in [-0.3, -0.25) is 0 Å². The van der Waals surface area contributed by atoms with Crippen LogP contribution in [0.4, 0.5) is 4.79 Å². The highest BCUT2D eigenvalue weighted by Crippen LogP contribution is 2.32. The Balaban J connectivity index is 1.96. The Morgan fingerprint density at radius 1 is 1.33 bits per heavy atom. The lowest BCUT2D eigenvalue weighted by molar-refractivity contribution is 0.0482. The molecule has 162 valence electrons. The highest BCUT2D eigenvalue weighted by molar-refractivity contribution is 7.99. The van der Waals surface area contributed by atoms with Crippen LogP contribution < -0.4 is 5.32 Å². The molecule has 7 nitrogen and oxygen atoms in total. The van der Waals surface area contributed by atoms with Crippen LogP contribution in [0.15, 0.2) is 28.5 Å². The SMILES string of the molecule is CCC(C)C(NC(=O)OC(C)(C)C)c1nnc2n1N=C(c1ccc(Cl)cc1Cl)CS2. The molecule has 1 amide bonds. The van der Waals surface area contributed by atoms with Crippen LogP contribution in [0.25, 0.3) is 0 Å². The number of hydrogen-bond acceptors (Lipinski definition) is 6. The van der Waals surface area contributed by atoms with E-state index in [1.165, 1.54) is 11.8 Å². The van der Waals surface area contributed by atoms with Gasteiger partial charge in [0, 0.05) is 16.3 Å². The maximum absolute atomic E-state index is 12.5. The zero-order valence-electron chi connectivity index (χ0n) is 17.6. The second kappa shape index (κ2) is 9.16. The molecule has 3 rings (SSSR count). The number of halogens is 2. The average molecular weight is 470 g/mol. The summed E-state index contributed by atoms with van der Waals surface area (Å²) in [5.74, 6) is 1.25. The van der Waals surface area contributed by atoms with Gasteiger partial charge >= 0.3 is 6.09 Å². The van der Waals surface area contributed by atoms with Crippen LogP contribution in [0.2, 0.25) is 10.0 Å². The van der Waals surface area contributed by atoms with E-state index in [0.717, 1.165) is 17.7 Å². The molecular weight excluding hydrogens is 445 g/mol. The molecule has 0 saturated heterocycles. The van der Waals surface area contributed by atoms with Gasteiger partial charge < -0.3 is 10.1 Å². The number of aromatic nitrogens is 3. The predicted octanol–water partition coefficient (Wildman–Crippen LogP) is 5.55. The van der Waals surface area contributed by atoms with Gasteiger partial charge in [0.2, 0.25) is 5.16 Å². The van der Waals surface area contributed by atoms with Crippen molar-refractivity contribution in [2.24, 2.45) is 11.0 Å². The van der Waals surface area contributed by atoms with Gasteiger partial charge in [-0.2, -0.15) is 9.78 Å². The number of alkyl carbamates (subject to hydrolysis) is 1. The number of hydrogen-bond donors (Lipinski definition) is 1. The van der Waals surface area contributed by atoms with Crippen molar-refractivity contribution in [3.8, 4) is 0 Å². The van der Waals surface area contributed by atoms with Crippen LogP contribution in [0, 0.1) is 5.92 Å². The molecule has 0 bridgehead atoms. The Morgan fingerprint density at radius 3 is 2.70 bits per heavy atom. The number of fused-ring (bicyclic) bond motifs is 1. The lowest BCUT2D eigenvalue weighted by Crippen LogP contribution is -2.38. The van der Waals surface area contributed by atoms with E-state index in [0.29, 0.717) is 26.8 Å². The maximum atomic E-state index is 12.5. The Morgan fingerprint density at radius 2 is 2.07 bits per heavy atom. The minimum atomic E-state index is -0.596. The van der Waals surface area contributed by atoms with E-state index in [9.17, 15) is 4.79 Å². The maximum Gasteiger partial charge on any atom is 0.408 e. The van der Waals surface area contributed by atoms with Crippen LogP contribution >= 0.6 is 35.0 Å². The summed E-state index contributed by atoms with van der Waals surface area (Å²) in [7, 11) is 0. The monoisotopic (exact) mass is 469 g/mol. The van der Waals surface area contributed by atoms with Crippen molar-refractivity contribution in [2.75, 3.05) is 5.75 Å². The number of thioether (sulfide) groups is 1. The van der Waals surface area contributed by atoms with Crippen LogP contribution in [-0.4, -0.2) is 38.0 Å². The van der Waals surface area contributed by atoms with Crippen LogP contribution in [0.5, 0.6) is 0 Å². The first-order valence-electron chi connectivity index (χ1n) is 9.70. The van der Waals surface area contributed by atoms with Gasteiger partial charge in [-0.25, -0.2) is 4.79 Å². The molecule has 2 heterocycles. The summed E-state index contributed by atoms with van der Waals surface area (Å²) < 4.78 is 7.13. The molecule has 1 aromatic heterocycles. The van der Waals surface area contributed by atoms with Crippen molar-refractivity contribution in [3.63, 3.8) is 0 Å². The minimum absolute atomic E-state index is 0.0931. The molecule has 10 heteroatoms. The quantitative estimate of drug-likeness (QED) is 0.619. The molecular formula is C20H25Cl2N5O2S. The topological polar surface area (TPSA) is 81.4 Å². The highest BCUT2D eigenvalue weighted by Gasteiger charge is 2.31. The summed E-state index contributed by atoms with van der Waals surface area (Å²) in [6.45, 7) is 9.58. The minimum Gasteiger partial charge on any atom is -0.444 e. The Kier molecular flexibility index (Phi) is 6.99. The normalized spacial score (nSPS) is 15.8. The van der Waals surface area contributed by atoms with Gasteiger partial charge in [0.15, 0.2) is 5.82 Å². The van der Waals surface area contributed by atoms with Gasteiger partial charge in [0.1, 0.15) is 5.60 Å². The van der Waals surface area contributed by atoms with Gasteiger partial charge in [-0.05, 0) is 38.8 Å². The molecule has 0 aliphatic carbocycles. The van der Waals surface area contributed by atoms with E-state index in [2.05, 4.69) is 22.4 Å². The third kappa shape index (κ3) is 5.28. The molecule has 0 fully saturated rings. The molecule has 1 N–H and O–H groups in total. The smallest absolute Gasteiger partial charge is 0.408 e. The number of amides is 1. The largest absolute Gasteiger partial charge is 0.444 e. The van der Waals surface area contributed by atoms with Crippen molar-refractivity contribution in [1.29, 1.82) is 0 Å². The summed E-state index contributed by atoms with van der Waals surface area (Å²) in [6.07, 6.45) is 0.327. The first-order chi connectivity index (χ1) is 14.1. The number of carbonyl (C=O) groups is 1. The molecule has 0 saturated carbocycles. The summed E-state index contributed by atoms with van der Waals surface area (Å²) in [6, 6.07) is 4.92. The zero-order chi connectivity index (χ0) is 22.1. The van der Waals surface area contributed by atoms with E-state index < -0.39 is 17.7 Å². The molecule has 1 aliphatic rings. The highest BCUT2D eigenvalue weighted by atomic mass is 35.5. The van der Waals surface area contributed by atoms with Crippen molar-refractivity contribution < 1.29 is 9.53 Å². The molecule has 2 aromatic rings. The van der Waals surface area contributed by atoms with Crippen molar-refractivity contribution in [2.45, 2.75) is 57.8 Å². The Hall–Kier alpha value is -1.77. The average Bonchev–Trinajstić information content (AvgIpc) is 3.07. The van der Waals surface area contributed by atoms with Gasteiger partial charge in [-0.15, -0.1) is 10.2 Å². The first-order valence-corrected chi connectivity index (χ1v) is 11.4. The fourth-order valence-corrected chi connectivity index (χ4v) is 4.28. The predicted molar refractivity (Wildman–Crippen MR) is 121 cm³/mol. The van der Waals surface area contributed by atoms with E-state index in [-0.39, 0.29) is 5.92 Å². The Labute approximate surface area is 190 Å². The van der Waals surface area contributed by atoms with Gasteiger partial charge in [-0.1, -0.05) is 61.3 Å². The first kappa shape index (κ1) is 22.9. The van der Waals surface area contributed by atoms with Crippen molar-refractivity contribution >= 4 is 46.8 Å². The third-order valence-electron chi connectivity index (χ3n) is 4.60. The number of ether oxygens (including phenoxy) is 1. The molecule has 0 radical (unpaired) electrons. The fourth-order valence-electron chi connectivity index (χ4n) is 2.92. The summed E-state index contributed by atoms with van der Waals surface area (Å²) >= 11 is 13.9. The third-order valence-corrected chi connectivity index (χ3v) is 6.08. The van der Waals surface area contributed by atoms with Crippen LogP contribution in [0.3, 0.4) is 0 Å². The molecule has 30 heavy (non-hydrogen) atoms. The van der Waals surface area contributed by atoms with E-state index >= 15 is 0 Å². The number of carbonyl (C=O) groups excluding carboxylic acids is 1. The Bertz CT molecular complexity index is 971. The number of benzene rings is 1. The second-order valence-corrected chi connectivity index (χ2v) is 9.91.